The zero-order valence-electron chi connectivity index (χ0n) is 20.5. The molecule has 0 saturated carbocycles. The highest BCUT2D eigenvalue weighted by atomic mass is 35.5. The number of halogens is 1. The van der Waals surface area contributed by atoms with Crippen molar-refractivity contribution in [2.24, 2.45) is 0 Å². The number of hydrogen-bond donors (Lipinski definition) is 1. The second-order valence-electron chi connectivity index (χ2n) is 8.57. The van der Waals surface area contributed by atoms with Crippen LogP contribution in [0, 0.1) is 0 Å². The van der Waals surface area contributed by atoms with Crippen molar-refractivity contribution in [2.45, 2.75) is 13.3 Å². The fourth-order valence-corrected chi connectivity index (χ4v) is 4.45. The molecule has 0 saturated heterocycles. The molecule has 8 heteroatoms. The van der Waals surface area contributed by atoms with Crippen LogP contribution in [0.15, 0.2) is 85.1 Å². The summed E-state index contributed by atoms with van der Waals surface area (Å²) in [7, 11) is 0. The predicted octanol–water partition coefficient (Wildman–Crippen LogP) is 6.20. The van der Waals surface area contributed by atoms with Gasteiger partial charge in [-0.1, -0.05) is 60.1 Å². The quantitative estimate of drug-likeness (QED) is 0.200. The molecule has 0 spiro atoms. The van der Waals surface area contributed by atoms with Gasteiger partial charge in [0.05, 0.1) is 34.1 Å². The Bertz CT molecular complexity index is 1650. The normalized spacial score (nSPS) is 10.9. The van der Waals surface area contributed by atoms with Crippen molar-refractivity contribution in [3.05, 3.63) is 107 Å². The van der Waals surface area contributed by atoms with Gasteiger partial charge >= 0.3 is 5.97 Å². The molecular weight excluding hydrogens is 500 g/mol. The third-order valence-corrected chi connectivity index (χ3v) is 6.28. The summed E-state index contributed by atoms with van der Waals surface area (Å²) in [6, 6.07) is 23.6. The number of nitrogens with zero attached hydrogens (tertiary/aromatic N) is 3. The fourth-order valence-electron chi connectivity index (χ4n) is 4.18. The SMILES string of the molecule is CCOC(=O)c1ccc(CC(=O)c2nc(-c3cc(Cl)c4ncccc4c3)c(-c3ccccc3)nc2N)cc1. The van der Waals surface area contributed by atoms with Gasteiger partial charge in [0.15, 0.2) is 11.6 Å². The molecule has 0 atom stereocenters. The van der Waals surface area contributed by atoms with Gasteiger partial charge in [-0.25, -0.2) is 14.8 Å². The van der Waals surface area contributed by atoms with E-state index < -0.39 is 5.97 Å². The minimum absolute atomic E-state index is 0.0362. The number of aromatic nitrogens is 3. The third-order valence-electron chi connectivity index (χ3n) is 6.00. The summed E-state index contributed by atoms with van der Waals surface area (Å²) in [5.74, 6) is -0.673. The van der Waals surface area contributed by atoms with Gasteiger partial charge in [0.2, 0.25) is 0 Å². The van der Waals surface area contributed by atoms with Crippen LogP contribution in [0.4, 0.5) is 5.82 Å². The van der Waals surface area contributed by atoms with Crippen LogP contribution in [0.2, 0.25) is 5.02 Å². The second kappa shape index (κ2) is 10.8. The van der Waals surface area contributed by atoms with Crippen molar-refractivity contribution in [3.8, 4) is 22.5 Å². The number of carbonyl (C=O) groups excluding carboxylic acids is 2. The molecule has 0 unspecified atom stereocenters. The summed E-state index contributed by atoms with van der Waals surface area (Å²) in [6.45, 7) is 2.04. The minimum Gasteiger partial charge on any atom is -0.462 e. The summed E-state index contributed by atoms with van der Waals surface area (Å²) in [5.41, 5.74) is 10.7. The zero-order valence-corrected chi connectivity index (χ0v) is 21.3. The Balaban J connectivity index is 1.56. The number of rotatable bonds is 7. The highest BCUT2D eigenvalue weighted by Gasteiger charge is 2.21. The van der Waals surface area contributed by atoms with Crippen molar-refractivity contribution < 1.29 is 14.3 Å². The van der Waals surface area contributed by atoms with Crippen molar-refractivity contribution in [1.82, 2.24) is 15.0 Å². The number of nitrogen functional groups attached to an aromatic ring is 1. The van der Waals surface area contributed by atoms with E-state index in [0.29, 0.717) is 38.6 Å². The molecule has 0 radical (unpaired) electrons. The number of benzene rings is 3. The summed E-state index contributed by atoms with van der Waals surface area (Å²) in [4.78, 5) is 39.0. The Morgan fingerprint density at radius 3 is 2.37 bits per heavy atom. The van der Waals surface area contributed by atoms with Crippen LogP contribution in [-0.2, 0) is 11.2 Å². The van der Waals surface area contributed by atoms with Crippen LogP contribution in [0.3, 0.4) is 0 Å². The van der Waals surface area contributed by atoms with Gasteiger partial charge in [-0.15, -0.1) is 0 Å². The standard InChI is InChI=1S/C30H23ClN4O3/c1-2-38-30(37)20-12-10-18(11-13-20)15-24(36)28-29(32)35-26(19-7-4-3-5-8-19)27(34-28)22-16-21-9-6-14-33-25(21)23(31)17-22/h3-14,16-17H,2,15H2,1H3,(H2,32,35). The lowest BCUT2D eigenvalue weighted by Gasteiger charge is -2.14. The number of ether oxygens (including phenoxy) is 1. The zero-order chi connectivity index (χ0) is 26.6. The average molecular weight is 523 g/mol. The van der Waals surface area contributed by atoms with E-state index in [2.05, 4.69) is 9.97 Å². The maximum Gasteiger partial charge on any atom is 0.338 e. The van der Waals surface area contributed by atoms with Crippen molar-refractivity contribution in [3.63, 3.8) is 0 Å². The minimum atomic E-state index is -0.411. The summed E-state index contributed by atoms with van der Waals surface area (Å²) < 4.78 is 5.02. The first-order valence-corrected chi connectivity index (χ1v) is 12.4. The highest BCUT2D eigenvalue weighted by Crippen LogP contribution is 2.35. The number of nitrogens with two attached hydrogens (primary N) is 1. The third kappa shape index (κ3) is 5.10. The van der Waals surface area contributed by atoms with E-state index in [-0.39, 0.29) is 30.3 Å². The Morgan fingerprint density at radius 1 is 0.895 bits per heavy atom. The Labute approximate surface area is 224 Å². The molecule has 0 bridgehead atoms. The first kappa shape index (κ1) is 25.0. The van der Waals surface area contributed by atoms with Crippen LogP contribution >= 0.6 is 11.6 Å². The number of carbonyl (C=O) groups is 2. The van der Waals surface area contributed by atoms with Gasteiger partial charge in [-0.3, -0.25) is 9.78 Å². The predicted molar refractivity (Wildman–Crippen MR) is 148 cm³/mol. The van der Waals surface area contributed by atoms with Crippen molar-refractivity contribution in [1.29, 1.82) is 0 Å². The summed E-state index contributed by atoms with van der Waals surface area (Å²) in [6.07, 6.45) is 1.72. The Hall–Kier alpha value is -4.62. The molecule has 5 rings (SSSR count). The maximum atomic E-state index is 13.4. The molecule has 0 amide bonds. The first-order valence-electron chi connectivity index (χ1n) is 12.0. The van der Waals surface area contributed by atoms with Crippen molar-refractivity contribution in [2.75, 3.05) is 12.3 Å². The number of esters is 1. The van der Waals surface area contributed by atoms with E-state index in [1.807, 2.05) is 48.5 Å². The topological polar surface area (TPSA) is 108 Å². The molecule has 0 aliphatic heterocycles. The van der Waals surface area contributed by atoms with Crippen LogP contribution in [-0.4, -0.2) is 33.3 Å². The van der Waals surface area contributed by atoms with Crippen LogP contribution in [0.1, 0.15) is 33.3 Å². The number of fused-ring (bicyclic) bond motifs is 1. The summed E-state index contributed by atoms with van der Waals surface area (Å²) in [5, 5.41) is 1.30. The number of ketones is 1. The van der Waals surface area contributed by atoms with E-state index in [4.69, 9.17) is 27.1 Å². The van der Waals surface area contributed by atoms with Crippen LogP contribution in [0.5, 0.6) is 0 Å². The van der Waals surface area contributed by atoms with Crippen LogP contribution < -0.4 is 5.73 Å². The lowest BCUT2D eigenvalue weighted by molar-refractivity contribution is 0.0526. The molecule has 0 fully saturated rings. The van der Waals surface area contributed by atoms with Crippen LogP contribution in [0.25, 0.3) is 33.4 Å². The molecule has 3 aromatic carbocycles. The monoisotopic (exact) mass is 522 g/mol. The van der Waals surface area contributed by atoms with E-state index in [0.717, 1.165) is 10.9 Å². The second-order valence-corrected chi connectivity index (χ2v) is 8.98. The van der Waals surface area contributed by atoms with Crippen molar-refractivity contribution >= 4 is 40.1 Å². The molecule has 2 heterocycles. The first-order chi connectivity index (χ1) is 18.4. The Kier molecular flexibility index (Phi) is 7.11. The number of Topliss-reactive ketones (excluding diaryl/α,β-unsaturated/α-hetero) is 1. The fraction of sp³-hybridized carbons (Fsp3) is 0.100. The van der Waals surface area contributed by atoms with Gasteiger partial charge in [-0.05, 0) is 42.8 Å². The molecular formula is C30H23ClN4O3. The molecule has 5 aromatic rings. The molecule has 0 aliphatic carbocycles. The van der Waals surface area contributed by atoms with E-state index in [1.165, 1.54) is 0 Å². The maximum absolute atomic E-state index is 13.4. The highest BCUT2D eigenvalue weighted by molar-refractivity contribution is 6.35. The number of pyridine rings is 1. The van der Waals surface area contributed by atoms with E-state index in [1.54, 1.807) is 43.5 Å². The number of anilines is 1. The number of hydrogen-bond acceptors (Lipinski definition) is 7. The molecule has 2 N–H and O–H groups in total. The molecule has 188 valence electrons. The lowest BCUT2D eigenvalue weighted by Crippen LogP contribution is -2.13. The van der Waals surface area contributed by atoms with Gasteiger partial charge in [0.1, 0.15) is 5.69 Å². The summed E-state index contributed by atoms with van der Waals surface area (Å²) >= 11 is 6.57. The molecule has 0 aliphatic rings. The molecule has 2 aromatic heterocycles. The lowest BCUT2D eigenvalue weighted by atomic mass is 10.0. The van der Waals surface area contributed by atoms with Gasteiger partial charge in [-0.2, -0.15) is 0 Å². The molecule has 7 nitrogen and oxygen atoms in total. The van der Waals surface area contributed by atoms with Gasteiger partial charge in [0.25, 0.3) is 0 Å². The smallest absolute Gasteiger partial charge is 0.338 e. The van der Waals surface area contributed by atoms with Gasteiger partial charge < -0.3 is 10.5 Å². The average Bonchev–Trinajstić information content (AvgIpc) is 2.94. The molecule has 38 heavy (non-hydrogen) atoms. The largest absolute Gasteiger partial charge is 0.462 e. The van der Waals surface area contributed by atoms with E-state index >= 15 is 0 Å². The van der Waals surface area contributed by atoms with E-state index in [9.17, 15) is 9.59 Å². The van der Waals surface area contributed by atoms with Gasteiger partial charge in [0, 0.05) is 29.1 Å². The Morgan fingerprint density at radius 2 is 1.63 bits per heavy atom.